The lowest BCUT2D eigenvalue weighted by Crippen LogP contribution is -2.25. The summed E-state index contributed by atoms with van der Waals surface area (Å²) in [7, 11) is 3.72. The summed E-state index contributed by atoms with van der Waals surface area (Å²) in [5, 5.41) is 3.41. The monoisotopic (exact) mass is 402 g/mol. The van der Waals surface area contributed by atoms with Gasteiger partial charge in [0.25, 0.3) is 0 Å². The third kappa shape index (κ3) is 3.79. The minimum absolute atomic E-state index is 0.623. The maximum Gasteiger partial charge on any atom is 0.180 e. The molecule has 0 aliphatic heterocycles. The molecule has 0 saturated carbocycles. The first-order chi connectivity index (χ1) is 14.6. The maximum atomic E-state index is 5.68. The van der Waals surface area contributed by atoms with Crippen LogP contribution in [0.4, 0.5) is 17.2 Å². The Labute approximate surface area is 176 Å². The molecule has 0 fully saturated rings. The van der Waals surface area contributed by atoms with Gasteiger partial charge in [0.05, 0.1) is 19.0 Å². The van der Waals surface area contributed by atoms with E-state index in [1.165, 1.54) is 11.3 Å². The maximum absolute atomic E-state index is 5.68. The highest BCUT2D eigenvalue weighted by atomic mass is 16.5. The number of imidazole rings is 1. The number of fused-ring (bicyclic) bond motifs is 1. The van der Waals surface area contributed by atoms with Crippen LogP contribution >= 0.6 is 0 Å². The number of hydrogen-bond donors (Lipinski definition) is 2. The van der Waals surface area contributed by atoms with E-state index >= 15 is 0 Å². The molecular weight excluding hydrogens is 376 g/mol. The van der Waals surface area contributed by atoms with Crippen molar-refractivity contribution < 1.29 is 4.74 Å². The largest absolute Gasteiger partial charge is 0.497 e. The molecule has 7 nitrogen and oxygen atoms in total. The van der Waals surface area contributed by atoms with Crippen molar-refractivity contribution in [1.29, 1.82) is 0 Å². The van der Waals surface area contributed by atoms with Crippen molar-refractivity contribution in [1.82, 2.24) is 14.4 Å². The fourth-order valence-corrected chi connectivity index (χ4v) is 3.60. The van der Waals surface area contributed by atoms with Crippen molar-refractivity contribution in [2.45, 2.75) is 6.92 Å². The Morgan fingerprint density at radius 1 is 1.13 bits per heavy atom. The zero-order chi connectivity index (χ0) is 21.1. The van der Waals surface area contributed by atoms with Crippen LogP contribution in [-0.2, 0) is 0 Å². The molecule has 2 heterocycles. The van der Waals surface area contributed by atoms with Gasteiger partial charge in [-0.05, 0) is 55.0 Å². The number of hydrogen-bond acceptors (Lipinski definition) is 6. The van der Waals surface area contributed by atoms with E-state index in [0.29, 0.717) is 12.4 Å². The second-order valence-electron chi connectivity index (χ2n) is 7.18. The molecule has 0 spiro atoms. The predicted octanol–water partition coefficient (Wildman–Crippen LogP) is 3.85. The fraction of sp³-hybridized carbons (Fsp3) is 0.217. The molecule has 4 rings (SSSR count). The van der Waals surface area contributed by atoms with Crippen molar-refractivity contribution in [2.24, 2.45) is 5.73 Å². The summed E-state index contributed by atoms with van der Waals surface area (Å²) >= 11 is 0. The van der Waals surface area contributed by atoms with Gasteiger partial charge in [0.2, 0.25) is 0 Å². The molecule has 0 amide bonds. The molecule has 7 heteroatoms. The average Bonchev–Trinajstić information content (AvgIpc) is 3.19. The number of nitrogens with zero attached hydrogens (tertiary/aromatic N) is 4. The Morgan fingerprint density at radius 2 is 1.93 bits per heavy atom. The number of likely N-dealkylation sites (N-methyl/N-ethyl adjacent to an activating group) is 1. The molecule has 0 bridgehead atoms. The summed E-state index contributed by atoms with van der Waals surface area (Å²) in [5.74, 6) is 1.53. The Morgan fingerprint density at radius 3 is 2.63 bits per heavy atom. The zero-order valence-electron chi connectivity index (χ0n) is 17.5. The second kappa shape index (κ2) is 8.42. The van der Waals surface area contributed by atoms with E-state index in [9.17, 15) is 0 Å². The number of methoxy groups -OCH3 is 1. The highest BCUT2D eigenvalue weighted by Crippen LogP contribution is 2.28. The van der Waals surface area contributed by atoms with E-state index in [4.69, 9.17) is 10.5 Å². The van der Waals surface area contributed by atoms with E-state index in [1.54, 1.807) is 13.3 Å². The summed E-state index contributed by atoms with van der Waals surface area (Å²) in [5.41, 5.74) is 11.8. The average molecular weight is 403 g/mol. The van der Waals surface area contributed by atoms with Gasteiger partial charge in [0.1, 0.15) is 5.75 Å². The first-order valence-corrected chi connectivity index (χ1v) is 9.86. The van der Waals surface area contributed by atoms with Gasteiger partial charge in [-0.2, -0.15) is 0 Å². The molecule has 0 radical (unpaired) electrons. The van der Waals surface area contributed by atoms with Gasteiger partial charge in [0.15, 0.2) is 11.5 Å². The van der Waals surface area contributed by atoms with Crippen LogP contribution in [0.1, 0.15) is 5.56 Å². The van der Waals surface area contributed by atoms with Crippen molar-refractivity contribution in [3.05, 3.63) is 66.6 Å². The highest BCUT2D eigenvalue weighted by Gasteiger charge is 2.12. The molecule has 0 unspecified atom stereocenters. The van der Waals surface area contributed by atoms with Gasteiger partial charge in [-0.3, -0.25) is 4.40 Å². The van der Waals surface area contributed by atoms with Crippen molar-refractivity contribution >= 4 is 22.8 Å². The number of aromatic nitrogens is 3. The fourth-order valence-electron chi connectivity index (χ4n) is 3.60. The van der Waals surface area contributed by atoms with Crippen LogP contribution in [0, 0.1) is 6.92 Å². The quantitative estimate of drug-likeness (QED) is 0.489. The number of ether oxygens (including phenoxy) is 1. The number of aryl methyl sites for hydroxylation is 1. The molecule has 0 saturated heterocycles. The lowest BCUT2D eigenvalue weighted by atomic mass is 10.1. The van der Waals surface area contributed by atoms with Crippen molar-refractivity contribution in [2.75, 3.05) is 37.5 Å². The van der Waals surface area contributed by atoms with E-state index in [2.05, 4.69) is 46.3 Å². The third-order valence-electron chi connectivity index (χ3n) is 5.15. The van der Waals surface area contributed by atoms with Crippen LogP contribution in [0.5, 0.6) is 5.75 Å². The van der Waals surface area contributed by atoms with Crippen LogP contribution < -0.4 is 20.7 Å². The number of nitrogens with one attached hydrogen (secondary N) is 1. The molecule has 2 aromatic carbocycles. The van der Waals surface area contributed by atoms with Gasteiger partial charge in [-0.25, -0.2) is 9.97 Å². The number of benzene rings is 2. The minimum Gasteiger partial charge on any atom is -0.497 e. The zero-order valence-corrected chi connectivity index (χ0v) is 17.5. The Balaban J connectivity index is 1.64. The van der Waals surface area contributed by atoms with Crippen molar-refractivity contribution in [3.8, 4) is 17.0 Å². The summed E-state index contributed by atoms with van der Waals surface area (Å²) in [6, 6.07) is 14.2. The minimum atomic E-state index is 0.623. The topological polar surface area (TPSA) is 80.7 Å². The highest BCUT2D eigenvalue weighted by molar-refractivity contribution is 5.75. The summed E-state index contributed by atoms with van der Waals surface area (Å²) < 4.78 is 7.29. The lowest BCUT2D eigenvalue weighted by molar-refractivity contribution is 0.415. The third-order valence-corrected chi connectivity index (χ3v) is 5.15. The van der Waals surface area contributed by atoms with Crippen LogP contribution in [0.2, 0.25) is 0 Å². The first-order valence-electron chi connectivity index (χ1n) is 9.86. The smallest absolute Gasteiger partial charge is 0.180 e. The van der Waals surface area contributed by atoms with Crippen LogP contribution in [0.3, 0.4) is 0 Å². The first kappa shape index (κ1) is 19.7. The molecule has 2 aromatic heterocycles. The normalized spacial score (nSPS) is 10.9. The summed E-state index contributed by atoms with van der Waals surface area (Å²) in [6.07, 6.45) is 5.56. The standard InChI is InChI=1S/C23H26N6O/c1-16-14-18(6-9-20(16)28(2)12-10-24)27-22-23-26-15-21(29(23)13-11-25-22)17-4-7-19(30-3)8-5-17/h4-9,11,13-15H,10,12,24H2,1-3H3,(H,25,27). The number of rotatable bonds is 7. The van der Waals surface area contributed by atoms with Gasteiger partial charge < -0.3 is 20.7 Å². The summed E-state index contributed by atoms with van der Waals surface area (Å²) in [6.45, 7) is 3.54. The van der Waals surface area contributed by atoms with Crippen LogP contribution in [-0.4, -0.2) is 41.6 Å². The van der Waals surface area contributed by atoms with E-state index < -0.39 is 0 Å². The van der Waals surface area contributed by atoms with E-state index in [1.807, 2.05) is 47.1 Å². The lowest BCUT2D eigenvalue weighted by Gasteiger charge is -2.21. The van der Waals surface area contributed by atoms with Gasteiger partial charge in [0, 0.05) is 49.5 Å². The van der Waals surface area contributed by atoms with Gasteiger partial charge in [-0.1, -0.05) is 0 Å². The van der Waals surface area contributed by atoms with Gasteiger partial charge >= 0.3 is 0 Å². The Kier molecular flexibility index (Phi) is 5.54. The molecule has 0 atom stereocenters. The molecule has 0 aliphatic rings. The second-order valence-corrected chi connectivity index (χ2v) is 7.18. The van der Waals surface area contributed by atoms with E-state index in [-0.39, 0.29) is 0 Å². The number of nitrogens with two attached hydrogens (primary N) is 1. The molecule has 30 heavy (non-hydrogen) atoms. The van der Waals surface area contributed by atoms with Gasteiger partial charge in [-0.15, -0.1) is 0 Å². The number of anilines is 3. The summed E-state index contributed by atoms with van der Waals surface area (Å²) in [4.78, 5) is 11.3. The Hall–Kier alpha value is -3.58. The predicted molar refractivity (Wildman–Crippen MR) is 122 cm³/mol. The molecular formula is C23H26N6O. The van der Waals surface area contributed by atoms with Crippen LogP contribution in [0.15, 0.2) is 61.1 Å². The van der Waals surface area contributed by atoms with Crippen LogP contribution in [0.25, 0.3) is 16.9 Å². The molecule has 0 aliphatic carbocycles. The van der Waals surface area contributed by atoms with Crippen molar-refractivity contribution in [3.63, 3.8) is 0 Å². The SMILES string of the molecule is COc1ccc(-c2cnc3c(Nc4ccc(N(C)CCN)c(C)c4)nccn23)cc1. The molecule has 4 aromatic rings. The molecule has 3 N–H and O–H groups in total. The Bertz CT molecular complexity index is 1150. The van der Waals surface area contributed by atoms with E-state index in [0.717, 1.165) is 34.9 Å². The molecule has 154 valence electrons.